The Morgan fingerprint density at radius 1 is 1.33 bits per heavy atom. The van der Waals surface area contributed by atoms with E-state index in [1.54, 1.807) is 4.90 Å². The van der Waals surface area contributed by atoms with Crippen molar-refractivity contribution in [3.63, 3.8) is 0 Å². The molecule has 0 fully saturated rings. The Balaban J connectivity index is 1.63. The molecule has 2 aromatic rings. The number of rotatable bonds is 2. The molecule has 0 unspecified atom stereocenters. The van der Waals surface area contributed by atoms with E-state index in [0.717, 1.165) is 5.56 Å². The van der Waals surface area contributed by atoms with Gasteiger partial charge in [0.2, 0.25) is 0 Å². The van der Waals surface area contributed by atoms with Gasteiger partial charge in [0.05, 0.1) is 18.6 Å². The summed E-state index contributed by atoms with van der Waals surface area (Å²) in [5.41, 5.74) is 2.11. The van der Waals surface area contributed by atoms with E-state index >= 15 is 0 Å². The molecule has 21 heavy (non-hydrogen) atoms. The fourth-order valence-corrected chi connectivity index (χ4v) is 2.33. The lowest BCUT2D eigenvalue weighted by Gasteiger charge is -2.26. The van der Waals surface area contributed by atoms with Crippen molar-refractivity contribution >= 4 is 6.09 Å². The van der Waals surface area contributed by atoms with Crippen LogP contribution in [0, 0.1) is 0 Å². The zero-order valence-electron chi connectivity index (χ0n) is 11.4. The van der Waals surface area contributed by atoms with Crippen molar-refractivity contribution in [3.8, 4) is 0 Å². The van der Waals surface area contributed by atoms with Crippen LogP contribution >= 0.6 is 0 Å². The average Bonchev–Trinajstić information content (AvgIpc) is 2.53. The van der Waals surface area contributed by atoms with E-state index in [1.807, 2.05) is 30.3 Å². The van der Waals surface area contributed by atoms with Crippen LogP contribution in [-0.2, 0) is 24.3 Å². The zero-order chi connectivity index (χ0) is 14.7. The van der Waals surface area contributed by atoms with Crippen LogP contribution < -0.4 is 5.56 Å². The molecule has 3 rings (SSSR count). The first-order chi connectivity index (χ1) is 10.2. The molecule has 0 saturated carbocycles. The molecule has 1 aliphatic rings. The summed E-state index contributed by atoms with van der Waals surface area (Å²) in [7, 11) is 0. The summed E-state index contributed by atoms with van der Waals surface area (Å²) in [5.74, 6) is 0. The standard InChI is InChI=1S/C15H15N3O3/c19-14-12-6-7-18(8-13(12)16-10-17-14)15(20)21-9-11-4-2-1-3-5-11/h1-5,10H,6-9H2,(H,16,17,19). The summed E-state index contributed by atoms with van der Waals surface area (Å²) in [5, 5.41) is 0. The zero-order valence-corrected chi connectivity index (χ0v) is 11.4. The number of aromatic nitrogens is 2. The highest BCUT2D eigenvalue weighted by atomic mass is 16.6. The second-order valence-electron chi connectivity index (χ2n) is 4.87. The first-order valence-corrected chi connectivity index (χ1v) is 6.75. The van der Waals surface area contributed by atoms with Crippen molar-refractivity contribution in [2.45, 2.75) is 19.6 Å². The van der Waals surface area contributed by atoms with Gasteiger partial charge in [-0.2, -0.15) is 0 Å². The van der Waals surface area contributed by atoms with Crippen molar-refractivity contribution in [2.24, 2.45) is 0 Å². The predicted molar refractivity (Wildman–Crippen MR) is 75.6 cm³/mol. The summed E-state index contributed by atoms with van der Waals surface area (Å²) in [6.45, 7) is 1.02. The lowest BCUT2D eigenvalue weighted by molar-refractivity contribution is 0.0911. The van der Waals surface area contributed by atoms with Gasteiger partial charge in [0.15, 0.2) is 0 Å². The Hall–Kier alpha value is -2.63. The lowest BCUT2D eigenvalue weighted by Crippen LogP contribution is -2.39. The maximum atomic E-state index is 12.1. The highest BCUT2D eigenvalue weighted by molar-refractivity contribution is 5.68. The third kappa shape index (κ3) is 2.94. The van der Waals surface area contributed by atoms with Crippen LogP contribution in [0.2, 0.25) is 0 Å². The van der Waals surface area contributed by atoms with Crippen LogP contribution in [0.3, 0.4) is 0 Å². The largest absolute Gasteiger partial charge is 0.445 e. The number of carbonyl (C=O) groups excluding carboxylic acids is 1. The molecule has 0 radical (unpaired) electrons. The fraction of sp³-hybridized carbons (Fsp3) is 0.267. The number of H-pyrrole nitrogens is 1. The van der Waals surface area contributed by atoms with Crippen molar-refractivity contribution in [2.75, 3.05) is 6.54 Å². The van der Waals surface area contributed by atoms with Gasteiger partial charge in [-0.25, -0.2) is 9.78 Å². The molecule has 0 spiro atoms. The molecule has 0 aliphatic carbocycles. The quantitative estimate of drug-likeness (QED) is 0.906. The van der Waals surface area contributed by atoms with Crippen LogP contribution in [0.4, 0.5) is 4.79 Å². The highest BCUT2D eigenvalue weighted by Crippen LogP contribution is 2.14. The third-order valence-corrected chi connectivity index (χ3v) is 3.47. The minimum absolute atomic E-state index is 0.127. The van der Waals surface area contributed by atoms with Crippen LogP contribution in [-0.4, -0.2) is 27.5 Å². The Morgan fingerprint density at radius 2 is 2.14 bits per heavy atom. The molecule has 1 aromatic heterocycles. The third-order valence-electron chi connectivity index (χ3n) is 3.47. The highest BCUT2D eigenvalue weighted by Gasteiger charge is 2.24. The van der Waals surface area contributed by atoms with Gasteiger partial charge >= 0.3 is 6.09 Å². The summed E-state index contributed by atoms with van der Waals surface area (Å²) in [6, 6.07) is 9.52. The molecule has 0 bridgehead atoms. The van der Waals surface area contributed by atoms with Crippen molar-refractivity contribution in [3.05, 3.63) is 63.8 Å². The number of carbonyl (C=O) groups is 1. The number of fused-ring (bicyclic) bond motifs is 1. The first kappa shape index (κ1) is 13.4. The Labute approximate surface area is 121 Å². The van der Waals surface area contributed by atoms with E-state index in [1.165, 1.54) is 6.33 Å². The van der Waals surface area contributed by atoms with E-state index in [-0.39, 0.29) is 18.3 Å². The van der Waals surface area contributed by atoms with Gasteiger partial charge < -0.3 is 14.6 Å². The molecule has 2 heterocycles. The minimum atomic E-state index is -0.383. The molecule has 6 heteroatoms. The second-order valence-corrected chi connectivity index (χ2v) is 4.87. The Kier molecular flexibility index (Phi) is 3.68. The van der Waals surface area contributed by atoms with E-state index < -0.39 is 0 Å². The van der Waals surface area contributed by atoms with Gasteiger partial charge in [-0.05, 0) is 12.0 Å². The van der Waals surface area contributed by atoms with Crippen molar-refractivity contribution in [1.82, 2.24) is 14.9 Å². The minimum Gasteiger partial charge on any atom is -0.445 e. The predicted octanol–water partition coefficient (Wildman–Crippen LogP) is 1.46. The summed E-state index contributed by atoms with van der Waals surface area (Å²) < 4.78 is 5.29. The molecular formula is C15H15N3O3. The Bertz CT molecular complexity index is 697. The topological polar surface area (TPSA) is 75.3 Å². The Morgan fingerprint density at radius 3 is 2.95 bits per heavy atom. The molecule has 1 amide bonds. The number of amides is 1. The van der Waals surface area contributed by atoms with Gasteiger partial charge in [0.25, 0.3) is 5.56 Å². The monoisotopic (exact) mass is 285 g/mol. The van der Waals surface area contributed by atoms with E-state index in [4.69, 9.17) is 4.74 Å². The fourth-order valence-electron chi connectivity index (χ4n) is 2.33. The SMILES string of the molecule is O=C(OCc1ccccc1)N1CCc2c(nc[nH]c2=O)C1. The molecule has 6 nitrogen and oxygen atoms in total. The van der Waals surface area contributed by atoms with Gasteiger partial charge in [-0.3, -0.25) is 4.79 Å². The van der Waals surface area contributed by atoms with Gasteiger partial charge in [-0.1, -0.05) is 30.3 Å². The van der Waals surface area contributed by atoms with Gasteiger partial charge in [0, 0.05) is 12.1 Å². The number of hydrogen-bond acceptors (Lipinski definition) is 4. The molecule has 1 aromatic carbocycles. The van der Waals surface area contributed by atoms with Crippen LogP contribution in [0.1, 0.15) is 16.8 Å². The molecule has 1 aliphatic heterocycles. The number of hydrogen-bond donors (Lipinski definition) is 1. The van der Waals surface area contributed by atoms with Crippen molar-refractivity contribution < 1.29 is 9.53 Å². The normalized spacial score (nSPS) is 13.6. The summed E-state index contributed by atoms with van der Waals surface area (Å²) in [4.78, 5) is 31.9. The van der Waals surface area contributed by atoms with Crippen LogP contribution in [0.5, 0.6) is 0 Å². The molecule has 108 valence electrons. The van der Waals surface area contributed by atoms with E-state index in [9.17, 15) is 9.59 Å². The lowest BCUT2D eigenvalue weighted by atomic mass is 10.1. The number of ether oxygens (including phenoxy) is 1. The summed E-state index contributed by atoms with van der Waals surface area (Å²) in [6.07, 6.45) is 1.48. The van der Waals surface area contributed by atoms with Crippen LogP contribution in [0.15, 0.2) is 41.5 Å². The number of nitrogens with zero attached hydrogens (tertiary/aromatic N) is 2. The molecule has 0 saturated heterocycles. The van der Waals surface area contributed by atoms with Crippen molar-refractivity contribution in [1.29, 1.82) is 0 Å². The smallest absolute Gasteiger partial charge is 0.410 e. The molecule has 0 atom stereocenters. The van der Waals surface area contributed by atoms with Gasteiger partial charge in [-0.15, -0.1) is 0 Å². The van der Waals surface area contributed by atoms with Gasteiger partial charge in [0.1, 0.15) is 6.61 Å². The number of aromatic amines is 1. The first-order valence-electron chi connectivity index (χ1n) is 6.75. The van der Waals surface area contributed by atoms with Crippen LogP contribution in [0.25, 0.3) is 0 Å². The summed E-state index contributed by atoms with van der Waals surface area (Å²) >= 11 is 0. The number of nitrogens with one attached hydrogen (secondary N) is 1. The molecular weight excluding hydrogens is 270 g/mol. The maximum Gasteiger partial charge on any atom is 0.410 e. The second kappa shape index (κ2) is 5.78. The average molecular weight is 285 g/mol. The number of benzene rings is 1. The maximum absolute atomic E-state index is 12.1. The molecule has 1 N–H and O–H groups in total. The van der Waals surface area contributed by atoms with E-state index in [0.29, 0.717) is 30.8 Å². The van der Waals surface area contributed by atoms with E-state index in [2.05, 4.69) is 9.97 Å².